The van der Waals surface area contributed by atoms with E-state index in [1.54, 1.807) is 45.9 Å². The Balaban J connectivity index is 1.55. The highest BCUT2D eigenvalue weighted by Crippen LogP contribution is 2.23. The van der Waals surface area contributed by atoms with Gasteiger partial charge in [-0.2, -0.15) is 5.10 Å². The summed E-state index contributed by atoms with van der Waals surface area (Å²) in [5.74, 6) is 0.310. The number of halogens is 2. The highest BCUT2D eigenvalue weighted by atomic mass is 35.5. The summed E-state index contributed by atoms with van der Waals surface area (Å²) < 4.78 is 3.45. The zero-order valence-electron chi connectivity index (χ0n) is 14.9. The van der Waals surface area contributed by atoms with Crippen molar-refractivity contribution in [2.75, 3.05) is 5.32 Å². The van der Waals surface area contributed by atoms with E-state index in [9.17, 15) is 4.79 Å². The van der Waals surface area contributed by atoms with E-state index in [1.165, 1.54) is 0 Å². The van der Waals surface area contributed by atoms with Gasteiger partial charge in [-0.25, -0.2) is 9.36 Å². The second kappa shape index (κ2) is 7.61. The number of aryl methyl sites for hydroxylation is 1. The van der Waals surface area contributed by atoms with Crippen molar-refractivity contribution in [3.05, 3.63) is 69.8 Å². The summed E-state index contributed by atoms with van der Waals surface area (Å²) in [7, 11) is 0. The average Bonchev–Trinajstić information content (AvgIpc) is 3.29. The Morgan fingerprint density at radius 2 is 1.96 bits per heavy atom. The van der Waals surface area contributed by atoms with Gasteiger partial charge in [-0.05, 0) is 42.8 Å². The summed E-state index contributed by atoms with van der Waals surface area (Å²) in [6.07, 6.45) is 1.62. The first-order valence-corrected chi connectivity index (χ1v) is 9.41. The number of hydrogen-bond acceptors (Lipinski definition) is 4. The van der Waals surface area contributed by atoms with Gasteiger partial charge in [-0.1, -0.05) is 34.5 Å². The molecule has 2 aromatic carbocycles. The van der Waals surface area contributed by atoms with Gasteiger partial charge >= 0.3 is 0 Å². The molecule has 0 bridgehead atoms. The van der Waals surface area contributed by atoms with Crippen molar-refractivity contribution in [3.8, 4) is 0 Å². The molecule has 2 heterocycles. The van der Waals surface area contributed by atoms with Crippen LogP contribution < -0.4 is 5.32 Å². The molecule has 0 radical (unpaired) electrons. The van der Waals surface area contributed by atoms with E-state index in [-0.39, 0.29) is 5.91 Å². The van der Waals surface area contributed by atoms with E-state index < -0.39 is 0 Å². The minimum absolute atomic E-state index is 0.253. The molecule has 2 aromatic heterocycles. The first kappa shape index (κ1) is 18.5. The largest absolute Gasteiger partial charge is 0.307 e. The first-order chi connectivity index (χ1) is 13.5. The van der Waals surface area contributed by atoms with E-state index >= 15 is 0 Å². The molecule has 9 heteroatoms. The number of carbonyl (C=O) groups excluding carboxylic acids is 1. The Kier molecular flexibility index (Phi) is 5.02. The molecule has 0 atom stereocenters. The van der Waals surface area contributed by atoms with E-state index in [1.807, 2.05) is 19.1 Å². The van der Waals surface area contributed by atoms with Crippen molar-refractivity contribution >= 4 is 46.0 Å². The molecule has 4 rings (SSSR count). The van der Waals surface area contributed by atoms with Gasteiger partial charge in [-0.15, -0.1) is 5.10 Å². The number of aromatic nitrogens is 5. The maximum Gasteiger partial charge on any atom is 0.256 e. The van der Waals surface area contributed by atoms with Gasteiger partial charge in [-0.3, -0.25) is 4.79 Å². The van der Waals surface area contributed by atoms with Crippen LogP contribution in [0.2, 0.25) is 10.0 Å². The molecular weight excluding hydrogens is 399 g/mol. The fourth-order valence-corrected chi connectivity index (χ4v) is 3.38. The topological polar surface area (TPSA) is 77.6 Å². The Labute approximate surface area is 170 Å². The summed E-state index contributed by atoms with van der Waals surface area (Å²) in [6, 6.07) is 12.3. The first-order valence-electron chi connectivity index (χ1n) is 8.65. The third-order valence-corrected chi connectivity index (χ3v) is 4.96. The second-order valence-electron chi connectivity index (χ2n) is 6.17. The molecule has 7 nitrogen and oxygen atoms in total. The Morgan fingerprint density at radius 1 is 1.11 bits per heavy atom. The van der Waals surface area contributed by atoms with Crippen LogP contribution in [-0.2, 0) is 13.1 Å². The van der Waals surface area contributed by atoms with E-state index in [0.717, 1.165) is 11.1 Å². The van der Waals surface area contributed by atoms with Crippen molar-refractivity contribution in [1.29, 1.82) is 0 Å². The number of carbonyl (C=O) groups is 1. The predicted octanol–water partition coefficient (Wildman–Crippen LogP) is 4.26. The highest BCUT2D eigenvalue weighted by molar-refractivity contribution is 6.35. The lowest BCUT2D eigenvalue weighted by Gasteiger charge is -2.10. The monoisotopic (exact) mass is 414 g/mol. The number of hydrogen-bond donors (Lipinski definition) is 1. The Bertz CT molecular complexity index is 1170. The molecule has 0 unspecified atom stereocenters. The van der Waals surface area contributed by atoms with Crippen molar-refractivity contribution in [2.24, 2.45) is 0 Å². The van der Waals surface area contributed by atoms with Gasteiger partial charge < -0.3 is 5.32 Å². The number of nitrogens with one attached hydrogen (secondary N) is 1. The number of benzene rings is 2. The van der Waals surface area contributed by atoms with Crippen molar-refractivity contribution < 1.29 is 4.79 Å². The van der Waals surface area contributed by atoms with Crippen LogP contribution in [-0.4, -0.2) is 30.7 Å². The van der Waals surface area contributed by atoms with Crippen LogP contribution in [0.25, 0.3) is 11.0 Å². The maximum absolute atomic E-state index is 12.7. The number of fused-ring (bicyclic) bond motifs is 1. The summed E-state index contributed by atoms with van der Waals surface area (Å²) in [6.45, 7) is 3.11. The normalized spacial score (nSPS) is 11.1. The van der Waals surface area contributed by atoms with Crippen LogP contribution in [0, 0.1) is 0 Å². The van der Waals surface area contributed by atoms with Gasteiger partial charge in [0.05, 0.1) is 18.3 Å². The molecule has 0 spiro atoms. The number of rotatable bonds is 5. The molecular formula is C19H16Cl2N6O. The third-order valence-electron chi connectivity index (χ3n) is 4.37. The van der Waals surface area contributed by atoms with Crippen LogP contribution in [0.3, 0.4) is 0 Å². The predicted molar refractivity (Wildman–Crippen MR) is 109 cm³/mol. The van der Waals surface area contributed by atoms with Crippen molar-refractivity contribution in [2.45, 2.75) is 20.0 Å². The third kappa shape index (κ3) is 3.58. The summed E-state index contributed by atoms with van der Waals surface area (Å²) in [5.41, 5.74) is 2.91. The zero-order valence-corrected chi connectivity index (χ0v) is 16.4. The lowest BCUT2D eigenvalue weighted by atomic mass is 10.2. The molecule has 0 aliphatic carbocycles. The smallest absolute Gasteiger partial charge is 0.256 e. The number of anilines is 1. The fraction of sp³-hybridized carbons (Fsp3) is 0.158. The summed E-state index contributed by atoms with van der Waals surface area (Å²) >= 11 is 12.2. The van der Waals surface area contributed by atoms with Crippen molar-refractivity contribution in [1.82, 2.24) is 24.8 Å². The number of nitrogens with zero attached hydrogens (tertiary/aromatic N) is 5. The van der Waals surface area contributed by atoms with Crippen LogP contribution >= 0.6 is 23.2 Å². The van der Waals surface area contributed by atoms with Crippen LogP contribution in [0.1, 0.15) is 22.8 Å². The number of amides is 1. The molecule has 0 saturated heterocycles. The van der Waals surface area contributed by atoms with E-state index in [2.05, 4.69) is 20.7 Å². The fourth-order valence-electron chi connectivity index (χ4n) is 2.91. The van der Waals surface area contributed by atoms with Crippen molar-refractivity contribution in [3.63, 3.8) is 0 Å². The molecule has 1 amide bonds. The van der Waals surface area contributed by atoms with Crippen LogP contribution in [0.4, 0.5) is 5.82 Å². The summed E-state index contributed by atoms with van der Waals surface area (Å²) in [5, 5.41) is 16.4. The SMILES string of the molecule is CCn1nnc2cc(C(=O)Nc3ccnn3Cc3ccc(Cl)cc3Cl)ccc21. The second-order valence-corrected chi connectivity index (χ2v) is 7.02. The lowest BCUT2D eigenvalue weighted by Crippen LogP contribution is -2.16. The van der Waals surface area contributed by atoms with Gasteiger partial charge in [0.1, 0.15) is 11.3 Å². The molecule has 0 aliphatic heterocycles. The Hall–Kier alpha value is -2.90. The zero-order chi connectivity index (χ0) is 19.7. The van der Waals surface area contributed by atoms with Gasteiger partial charge in [0.2, 0.25) is 0 Å². The summed E-state index contributed by atoms with van der Waals surface area (Å²) in [4.78, 5) is 12.7. The molecule has 142 valence electrons. The standard InChI is InChI=1S/C19H16Cl2N6O/c1-2-26-17-6-4-12(9-16(17)24-25-26)19(28)23-18-7-8-22-27(18)11-13-3-5-14(20)10-15(13)21/h3-10H,2,11H2,1H3,(H,23,28). The average molecular weight is 415 g/mol. The Morgan fingerprint density at radius 3 is 2.75 bits per heavy atom. The quantitative estimate of drug-likeness (QED) is 0.529. The maximum atomic E-state index is 12.7. The highest BCUT2D eigenvalue weighted by Gasteiger charge is 2.13. The minimum Gasteiger partial charge on any atom is -0.307 e. The lowest BCUT2D eigenvalue weighted by molar-refractivity contribution is 0.102. The van der Waals surface area contributed by atoms with E-state index in [0.29, 0.717) is 40.0 Å². The van der Waals surface area contributed by atoms with Crippen LogP contribution in [0.5, 0.6) is 0 Å². The molecule has 28 heavy (non-hydrogen) atoms. The molecule has 1 N–H and O–H groups in total. The molecule has 0 saturated carbocycles. The molecule has 4 aromatic rings. The van der Waals surface area contributed by atoms with Gasteiger partial charge in [0.25, 0.3) is 5.91 Å². The van der Waals surface area contributed by atoms with Crippen LogP contribution in [0.15, 0.2) is 48.7 Å². The van der Waals surface area contributed by atoms with Gasteiger partial charge in [0, 0.05) is 28.2 Å². The molecule has 0 aliphatic rings. The van der Waals surface area contributed by atoms with E-state index in [4.69, 9.17) is 23.2 Å². The molecule has 0 fully saturated rings. The van der Waals surface area contributed by atoms with Gasteiger partial charge in [0.15, 0.2) is 0 Å². The minimum atomic E-state index is -0.253.